The van der Waals surface area contributed by atoms with E-state index in [1.165, 1.54) is 0 Å². The van der Waals surface area contributed by atoms with Crippen LogP contribution < -0.4 is 4.90 Å². The largest absolute Gasteiger partial charge is 0.434 e. The summed E-state index contributed by atoms with van der Waals surface area (Å²) < 4.78 is 81.4. The predicted octanol–water partition coefficient (Wildman–Crippen LogP) is 5.20. The molecule has 1 aromatic carbocycles. The van der Waals surface area contributed by atoms with E-state index in [-0.39, 0.29) is 30.0 Å². The van der Waals surface area contributed by atoms with Crippen LogP contribution >= 0.6 is 0 Å². The molecule has 0 unspecified atom stereocenters. The standard InChI is InChI=1S/C28H36F6N4O3/c1-20(39)37-18-25(19-37)9-13-36(17-25)22-7-3-2-6-21(22)16-38-12-5-4-8-26(38)10-14-35(15-11-26)24(40)41-23(27(29,30)31)28(32,33)34/h2-3,6-7,23H,4-5,8-19H2,1H3. The first kappa shape index (κ1) is 29.8. The molecule has 5 rings (SSSR count). The lowest BCUT2D eigenvalue weighted by Crippen LogP contribution is -2.59. The van der Waals surface area contributed by atoms with E-state index in [0.29, 0.717) is 19.4 Å². The number of carbonyl (C=O) groups excluding carboxylic acids is 2. The summed E-state index contributed by atoms with van der Waals surface area (Å²) in [6.45, 7) is 6.48. The number of benzene rings is 1. The third kappa shape index (κ3) is 6.10. The molecule has 4 fully saturated rings. The van der Waals surface area contributed by atoms with Gasteiger partial charge in [-0.05, 0) is 50.3 Å². The number of hydrogen-bond acceptors (Lipinski definition) is 5. The summed E-state index contributed by atoms with van der Waals surface area (Å²) in [6.07, 6.45) is -12.5. The predicted molar refractivity (Wildman–Crippen MR) is 138 cm³/mol. The van der Waals surface area contributed by atoms with Gasteiger partial charge in [-0.3, -0.25) is 9.69 Å². The second-order valence-electron chi connectivity index (χ2n) is 12.1. The molecule has 0 aliphatic carbocycles. The molecule has 2 amide bonds. The Labute approximate surface area is 235 Å². The van der Waals surface area contributed by atoms with Gasteiger partial charge >= 0.3 is 18.4 Å². The Morgan fingerprint density at radius 2 is 1.51 bits per heavy atom. The van der Waals surface area contributed by atoms with Crippen molar-refractivity contribution in [2.24, 2.45) is 5.41 Å². The van der Waals surface area contributed by atoms with Crippen LogP contribution in [-0.2, 0) is 16.1 Å². The van der Waals surface area contributed by atoms with Crippen LogP contribution in [-0.4, -0.2) is 96.5 Å². The van der Waals surface area contributed by atoms with Crippen molar-refractivity contribution in [2.75, 3.05) is 50.7 Å². The quantitative estimate of drug-likeness (QED) is 0.452. The van der Waals surface area contributed by atoms with Crippen LogP contribution in [0, 0.1) is 5.41 Å². The smallest absolute Gasteiger partial charge is 0.426 e. The number of ether oxygens (including phenoxy) is 1. The van der Waals surface area contributed by atoms with Crippen LogP contribution in [0.3, 0.4) is 0 Å². The van der Waals surface area contributed by atoms with Crippen molar-refractivity contribution < 1.29 is 40.7 Å². The second kappa shape index (κ2) is 10.9. The number of amides is 2. The van der Waals surface area contributed by atoms with E-state index in [0.717, 1.165) is 74.6 Å². The molecule has 7 nitrogen and oxygen atoms in total. The Morgan fingerprint density at radius 3 is 2.15 bits per heavy atom. The number of hydrogen-bond donors (Lipinski definition) is 0. The molecule has 0 saturated carbocycles. The minimum absolute atomic E-state index is 0.0285. The van der Waals surface area contributed by atoms with Gasteiger partial charge in [0.25, 0.3) is 6.10 Å². The van der Waals surface area contributed by atoms with E-state index in [9.17, 15) is 35.9 Å². The Hall–Kier alpha value is -2.70. The molecular formula is C28H36F6N4O3. The van der Waals surface area contributed by atoms with Gasteiger partial charge in [-0.2, -0.15) is 26.3 Å². The maximum Gasteiger partial charge on any atom is 0.434 e. The van der Waals surface area contributed by atoms with Gasteiger partial charge in [0.2, 0.25) is 5.91 Å². The van der Waals surface area contributed by atoms with E-state index in [4.69, 9.17) is 0 Å². The third-order valence-corrected chi connectivity index (χ3v) is 9.39. The van der Waals surface area contributed by atoms with Gasteiger partial charge in [0.15, 0.2) is 0 Å². The van der Waals surface area contributed by atoms with Crippen LogP contribution in [0.4, 0.5) is 36.8 Å². The average Bonchev–Trinajstić information content (AvgIpc) is 3.33. The normalized spacial score (nSPS) is 22.9. The van der Waals surface area contributed by atoms with Crippen molar-refractivity contribution in [1.29, 1.82) is 0 Å². The van der Waals surface area contributed by atoms with Crippen LogP contribution in [0.5, 0.6) is 0 Å². The molecule has 4 heterocycles. The highest BCUT2D eigenvalue weighted by Crippen LogP contribution is 2.44. The summed E-state index contributed by atoms with van der Waals surface area (Å²) >= 11 is 0. The molecule has 1 aromatic rings. The molecule has 0 bridgehead atoms. The topological polar surface area (TPSA) is 56.3 Å². The first-order valence-corrected chi connectivity index (χ1v) is 14.1. The van der Waals surface area contributed by atoms with Gasteiger partial charge in [-0.15, -0.1) is 0 Å². The first-order valence-electron chi connectivity index (χ1n) is 14.1. The van der Waals surface area contributed by atoms with Crippen molar-refractivity contribution in [3.05, 3.63) is 29.8 Å². The molecule has 41 heavy (non-hydrogen) atoms. The lowest BCUT2D eigenvalue weighted by atomic mass is 9.78. The van der Waals surface area contributed by atoms with E-state index >= 15 is 0 Å². The van der Waals surface area contributed by atoms with Gasteiger partial charge in [0.1, 0.15) is 0 Å². The Balaban J connectivity index is 1.24. The Bertz CT molecular complexity index is 1110. The fraction of sp³-hybridized carbons (Fsp3) is 0.714. The van der Waals surface area contributed by atoms with Crippen molar-refractivity contribution in [3.63, 3.8) is 0 Å². The number of nitrogens with zero attached hydrogens (tertiary/aromatic N) is 4. The van der Waals surface area contributed by atoms with Gasteiger partial charge in [0, 0.05) is 69.4 Å². The minimum atomic E-state index is -5.74. The summed E-state index contributed by atoms with van der Waals surface area (Å²) in [5.74, 6) is 0.102. The lowest BCUT2D eigenvalue weighted by Gasteiger charge is -2.51. The number of anilines is 1. The maximum atomic E-state index is 12.9. The molecule has 0 atom stereocenters. The summed E-state index contributed by atoms with van der Waals surface area (Å²) in [6, 6.07) is 8.23. The minimum Gasteiger partial charge on any atom is -0.426 e. The van der Waals surface area contributed by atoms with Gasteiger partial charge in [-0.25, -0.2) is 4.79 Å². The SMILES string of the molecule is CC(=O)N1CC2(CCN(c3ccccc3CN3CCCCC34CCN(C(=O)OC(C(F)(F)F)C(F)(F)F)CC4)C2)C1. The number of carbonyl (C=O) groups is 2. The zero-order valence-corrected chi connectivity index (χ0v) is 23.1. The molecule has 4 saturated heterocycles. The highest BCUT2D eigenvalue weighted by molar-refractivity contribution is 5.74. The van der Waals surface area contributed by atoms with Crippen LogP contribution in [0.2, 0.25) is 0 Å². The number of para-hydroxylation sites is 1. The molecule has 2 spiro atoms. The number of halogens is 6. The van der Waals surface area contributed by atoms with Gasteiger partial charge < -0.3 is 19.4 Å². The zero-order chi connectivity index (χ0) is 29.6. The number of likely N-dealkylation sites (tertiary alicyclic amines) is 3. The van der Waals surface area contributed by atoms with Gasteiger partial charge in [-0.1, -0.05) is 24.6 Å². The molecule has 4 aliphatic heterocycles. The van der Waals surface area contributed by atoms with Crippen molar-refractivity contribution in [1.82, 2.24) is 14.7 Å². The summed E-state index contributed by atoms with van der Waals surface area (Å²) in [4.78, 5) is 31.7. The van der Waals surface area contributed by atoms with E-state index in [2.05, 4.69) is 26.7 Å². The maximum absolute atomic E-state index is 12.9. The first-order chi connectivity index (χ1) is 19.2. The summed E-state index contributed by atoms with van der Waals surface area (Å²) in [7, 11) is 0. The Morgan fingerprint density at radius 1 is 0.854 bits per heavy atom. The second-order valence-corrected chi connectivity index (χ2v) is 12.1. The molecule has 13 heteroatoms. The van der Waals surface area contributed by atoms with E-state index in [1.54, 1.807) is 6.92 Å². The van der Waals surface area contributed by atoms with Crippen LogP contribution in [0.1, 0.15) is 51.0 Å². The number of rotatable bonds is 4. The molecule has 4 aliphatic rings. The fourth-order valence-electron chi connectivity index (χ4n) is 7.11. The van der Waals surface area contributed by atoms with Crippen LogP contribution in [0.15, 0.2) is 24.3 Å². The highest BCUT2D eigenvalue weighted by Gasteiger charge is 2.60. The van der Waals surface area contributed by atoms with Gasteiger partial charge in [0.05, 0.1) is 0 Å². The lowest BCUT2D eigenvalue weighted by molar-refractivity contribution is -0.308. The van der Waals surface area contributed by atoms with Crippen LogP contribution in [0.25, 0.3) is 0 Å². The van der Waals surface area contributed by atoms with Crippen molar-refractivity contribution in [3.8, 4) is 0 Å². The molecular weight excluding hydrogens is 554 g/mol. The van der Waals surface area contributed by atoms with Crippen molar-refractivity contribution >= 4 is 17.7 Å². The molecule has 228 valence electrons. The average molecular weight is 591 g/mol. The number of piperidine rings is 2. The number of alkyl halides is 6. The molecule has 0 aromatic heterocycles. The van der Waals surface area contributed by atoms with E-state index < -0.39 is 24.5 Å². The summed E-state index contributed by atoms with van der Waals surface area (Å²) in [5, 5.41) is 0. The van der Waals surface area contributed by atoms with E-state index in [1.807, 2.05) is 17.0 Å². The molecule has 0 N–H and O–H groups in total. The van der Waals surface area contributed by atoms with Crippen molar-refractivity contribution in [2.45, 2.75) is 76.0 Å². The summed E-state index contributed by atoms with van der Waals surface area (Å²) in [5.41, 5.74) is 2.15. The monoisotopic (exact) mass is 590 g/mol. The fourth-order valence-corrected chi connectivity index (χ4v) is 7.11. The zero-order valence-electron chi connectivity index (χ0n) is 23.1. The Kier molecular flexibility index (Phi) is 7.88. The third-order valence-electron chi connectivity index (χ3n) is 9.39. The molecule has 0 radical (unpaired) electrons. The highest BCUT2D eigenvalue weighted by atomic mass is 19.4.